The van der Waals surface area contributed by atoms with Gasteiger partial charge in [-0.2, -0.15) is 8.78 Å². The van der Waals surface area contributed by atoms with Crippen LogP contribution in [0.25, 0.3) is 0 Å². The molecule has 0 fully saturated rings. The van der Waals surface area contributed by atoms with Gasteiger partial charge >= 0.3 is 6.61 Å². The molecule has 8 heteroatoms. The summed E-state index contributed by atoms with van der Waals surface area (Å²) in [4.78, 5) is 24.8. The van der Waals surface area contributed by atoms with Gasteiger partial charge in [-0.3, -0.25) is 9.59 Å². The van der Waals surface area contributed by atoms with Crippen molar-refractivity contribution in [3.05, 3.63) is 53.1 Å². The molecule has 2 aliphatic rings. The van der Waals surface area contributed by atoms with E-state index in [2.05, 4.69) is 15.4 Å². The van der Waals surface area contributed by atoms with E-state index in [1.165, 1.54) is 6.07 Å². The molecule has 4 rings (SSSR count). The third kappa shape index (κ3) is 3.87. The van der Waals surface area contributed by atoms with Gasteiger partial charge in [-0.25, -0.2) is 0 Å². The third-order valence-electron chi connectivity index (χ3n) is 5.14. The number of rotatable bonds is 4. The summed E-state index contributed by atoms with van der Waals surface area (Å²) in [6.07, 6.45) is 1.58. The number of benzene rings is 2. The van der Waals surface area contributed by atoms with Crippen LogP contribution in [0, 0.1) is 0 Å². The second-order valence-electron chi connectivity index (χ2n) is 7.09. The highest BCUT2D eigenvalue weighted by atomic mass is 19.3. The molecule has 0 radical (unpaired) electrons. The molecule has 2 amide bonds. The number of carbonyl (C=O) groups is 2. The fraction of sp³-hybridized carbons (Fsp3) is 0.333. The summed E-state index contributed by atoms with van der Waals surface area (Å²) in [6, 6.07) is 9.55. The number of hydrogen-bond donors (Lipinski definition) is 2. The summed E-state index contributed by atoms with van der Waals surface area (Å²) in [7, 11) is 0. The Hall–Kier alpha value is -3.16. The van der Waals surface area contributed by atoms with Gasteiger partial charge in [0.05, 0.1) is 17.3 Å². The van der Waals surface area contributed by atoms with Crippen LogP contribution in [0.3, 0.4) is 0 Å². The molecule has 0 spiro atoms. The number of amides is 2. The molecule has 1 aliphatic carbocycles. The number of carbonyl (C=O) groups excluding carboxylic acids is 2. The number of ether oxygens (including phenoxy) is 2. The summed E-state index contributed by atoms with van der Waals surface area (Å²) in [5.41, 5.74) is 2.56. The Morgan fingerprint density at radius 3 is 2.93 bits per heavy atom. The number of halogens is 2. The molecule has 0 saturated carbocycles. The monoisotopic (exact) mass is 402 g/mol. The summed E-state index contributed by atoms with van der Waals surface area (Å²) >= 11 is 0. The highest BCUT2D eigenvalue weighted by molar-refractivity contribution is 6.04. The lowest BCUT2D eigenvalue weighted by atomic mass is 9.87. The Morgan fingerprint density at radius 2 is 2.14 bits per heavy atom. The molecule has 0 aromatic heterocycles. The van der Waals surface area contributed by atoms with Gasteiger partial charge in [0.25, 0.3) is 11.8 Å². The van der Waals surface area contributed by atoms with E-state index in [0.29, 0.717) is 17.0 Å². The highest BCUT2D eigenvalue weighted by Gasteiger charge is 2.29. The zero-order valence-corrected chi connectivity index (χ0v) is 15.7. The molecule has 1 aliphatic heterocycles. The van der Waals surface area contributed by atoms with E-state index < -0.39 is 12.7 Å². The van der Waals surface area contributed by atoms with Gasteiger partial charge in [0.15, 0.2) is 11.9 Å². The van der Waals surface area contributed by atoms with E-state index in [9.17, 15) is 18.4 Å². The SMILES string of the molecule is CC1Oc2c(cccc2C(=O)NC2CCCc3cc(OC(F)F)ccc32)NC1=O. The molecule has 0 saturated heterocycles. The minimum Gasteiger partial charge on any atom is -0.478 e. The minimum absolute atomic E-state index is 0.112. The normalized spacial score (nSPS) is 20.2. The van der Waals surface area contributed by atoms with Crippen molar-refractivity contribution in [1.82, 2.24) is 5.32 Å². The Labute approximate surface area is 166 Å². The molecule has 2 N–H and O–H groups in total. The first-order chi connectivity index (χ1) is 13.9. The second-order valence-corrected chi connectivity index (χ2v) is 7.09. The van der Waals surface area contributed by atoms with Gasteiger partial charge in [0, 0.05) is 0 Å². The van der Waals surface area contributed by atoms with E-state index in [0.717, 1.165) is 30.4 Å². The fourth-order valence-corrected chi connectivity index (χ4v) is 3.76. The van der Waals surface area contributed by atoms with Crippen LogP contribution in [0.5, 0.6) is 11.5 Å². The summed E-state index contributed by atoms with van der Waals surface area (Å²) in [6.45, 7) is -1.26. The average Bonchev–Trinajstić information content (AvgIpc) is 2.68. The Kier molecular flexibility index (Phi) is 5.08. The zero-order valence-electron chi connectivity index (χ0n) is 15.7. The van der Waals surface area contributed by atoms with Crippen molar-refractivity contribution < 1.29 is 27.8 Å². The number of fused-ring (bicyclic) bond motifs is 2. The molecule has 2 atom stereocenters. The van der Waals surface area contributed by atoms with Crippen molar-refractivity contribution >= 4 is 17.5 Å². The van der Waals surface area contributed by atoms with E-state index in [4.69, 9.17) is 4.74 Å². The summed E-state index contributed by atoms with van der Waals surface area (Å²) in [5, 5.41) is 5.73. The predicted octanol–water partition coefficient (Wildman–Crippen LogP) is 3.81. The van der Waals surface area contributed by atoms with E-state index in [-0.39, 0.29) is 23.6 Å². The van der Waals surface area contributed by atoms with Crippen LogP contribution in [0.4, 0.5) is 14.5 Å². The molecule has 1 heterocycles. The van der Waals surface area contributed by atoms with E-state index >= 15 is 0 Å². The van der Waals surface area contributed by atoms with E-state index in [1.54, 1.807) is 37.3 Å². The molecule has 2 aromatic carbocycles. The quantitative estimate of drug-likeness (QED) is 0.815. The van der Waals surface area contributed by atoms with Gasteiger partial charge in [0.2, 0.25) is 0 Å². The third-order valence-corrected chi connectivity index (χ3v) is 5.14. The number of aryl methyl sites for hydroxylation is 1. The van der Waals surface area contributed by atoms with Crippen molar-refractivity contribution in [1.29, 1.82) is 0 Å². The summed E-state index contributed by atoms with van der Waals surface area (Å²) < 4.78 is 35.0. The van der Waals surface area contributed by atoms with Gasteiger partial charge in [-0.1, -0.05) is 12.1 Å². The predicted molar refractivity (Wildman–Crippen MR) is 101 cm³/mol. The van der Waals surface area contributed by atoms with Crippen molar-refractivity contribution in [2.45, 2.75) is 44.9 Å². The standard InChI is InChI=1S/C21H20F2N2O4/c1-11-19(26)25-17-7-3-5-15(18(17)28-11)20(27)24-16-6-2-4-12-10-13(29-21(22)23)8-9-14(12)16/h3,5,7-11,16,21H,2,4,6H2,1H3,(H,24,27)(H,25,26). The number of anilines is 1. The van der Waals surface area contributed by atoms with Gasteiger partial charge in [-0.15, -0.1) is 0 Å². The van der Waals surface area contributed by atoms with Gasteiger partial charge in [-0.05, 0) is 61.6 Å². The van der Waals surface area contributed by atoms with Crippen LogP contribution in [-0.2, 0) is 11.2 Å². The fourth-order valence-electron chi connectivity index (χ4n) is 3.76. The van der Waals surface area contributed by atoms with Crippen LogP contribution >= 0.6 is 0 Å². The zero-order chi connectivity index (χ0) is 20.5. The number of para-hydroxylation sites is 1. The largest absolute Gasteiger partial charge is 0.478 e. The van der Waals surface area contributed by atoms with Crippen molar-refractivity contribution in [3.8, 4) is 11.5 Å². The lowest BCUT2D eigenvalue weighted by molar-refractivity contribution is -0.122. The van der Waals surface area contributed by atoms with Crippen molar-refractivity contribution in [2.75, 3.05) is 5.32 Å². The summed E-state index contributed by atoms with van der Waals surface area (Å²) in [5.74, 6) is -0.135. The van der Waals surface area contributed by atoms with Crippen LogP contribution in [-0.4, -0.2) is 24.5 Å². The average molecular weight is 402 g/mol. The molecule has 6 nitrogen and oxygen atoms in total. The van der Waals surface area contributed by atoms with Gasteiger partial charge < -0.3 is 20.1 Å². The maximum Gasteiger partial charge on any atom is 0.387 e. The van der Waals surface area contributed by atoms with E-state index in [1.807, 2.05) is 0 Å². The molecule has 0 bridgehead atoms. The Morgan fingerprint density at radius 1 is 1.31 bits per heavy atom. The maximum absolute atomic E-state index is 13.0. The molecular weight excluding hydrogens is 382 g/mol. The minimum atomic E-state index is -2.88. The van der Waals surface area contributed by atoms with Gasteiger partial charge in [0.1, 0.15) is 5.75 Å². The number of nitrogens with one attached hydrogen (secondary N) is 2. The first-order valence-electron chi connectivity index (χ1n) is 9.41. The Balaban J connectivity index is 1.56. The molecule has 152 valence electrons. The Bertz CT molecular complexity index is 964. The number of alkyl halides is 2. The lowest BCUT2D eigenvalue weighted by Crippen LogP contribution is -2.36. The van der Waals surface area contributed by atoms with Crippen molar-refractivity contribution in [2.24, 2.45) is 0 Å². The number of hydrogen-bond acceptors (Lipinski definition) is 4. The molecule has 29 heavy (non-hydrogen) atoms. The second kappa shape index (κ2) is 7.69. The van der Waals surface area contributed by atoms with Crippen LogP contribution in [0.2, 0.25) is 0 Å². The molecular formula is C21H20F2N2O4. The topological polar surface area (TPSA) is 76.7 Å². The highest BCUT2D eigenvalue weighted by Crippen LogP contribution is 2.36. The van der Waals surface area contributed by atoms with Crippen LogP contribution in [0.1, 0.15) is 47.3 Å². The molecule has 2 unspecified atom stereocenters. The smallest absolute Gasteiger partial charge is 0.387 e. The first-order valence-corrected chi connectivity index (χ1v) is 9.41. The molecule has 2 aromatic rings. The van der Waals surface area contributed by atoms with Crippen molar-refractivity contribution in [3.63, 3.8) is 0 Å². The van der Waals surface area contributed by atoms with Crippen LogP contribution in [0.15, 0.2) is 36.4 Å². The first kappa shape index (κ1) is 19.2. The lowest BCUT2D eigenvalue weighted by Gasteiger charge is -2.28. The van der Waals surface area contributed by atoms with Crippen LogP contribution < -0.4 is 20.1 Å². The maximum atomic E-state index is 13.0.